The summed E-state index contributed by atoms with van der Waals surface area (Å²) in [6, 6.07) is 13.3. The highest BCUT2D eigenvalue weighted by Gasteiger charge is 2.20. The first-order valence-electron chi connectivity index (χ1n) is 8.70. The lowest BCUT2D eigenvalue weighted by Crippen LogP contribution is -2.37. The first-order chi connectivity index (χ1) is 12.6. The fourth-order valence-corrected chi connectivity index (χ4v) is 2.81. The Morgan fingerprint density at radius 1 is 1.27 bits per heavy atom. The predicted octanol–water partition coefficient (Wildman–Crippen LogP) is 2.72. The van der Waals surface area contributed by atoms with E-state index in [1.54, 1.807) is 17.5 Å². The summed E-state index contributed by atoms with van der Waals surface area (Å²) >= 11 is 0. The molecule has 1 atom stereocenters. The van der Waals surface area contributed by atoms with Crippen LogP contribution in [0.1, 0.15) is 35.1 Å². The molecule has 1 aromatic carbocycles. The molecular formula is C20H23N3O3. The third kappa shape index (κ3) is 3.70. The van der Waals surface area contributed by atoms with Crippen molar-refractivity contribution in [1.82, 2.24) is 14.7 Å². The van der Waals surface area contributed by atoms with E-state index in [1.165, 1.54) is 0 Å². The number of hydrogen-bond donors (Lipinski definition) is 2. The number of aliphatic hydroxyl groups is 1. The lowest BCUT2D eigenvalue weighted by molar-refractivity contribution is 0.0908. The van der Waals surface area contributed by atoms with Crippen molar-refractivity contribution in [2.24, 2.45) is 0 Å². The van der Waals surface area contributed by atoms with Crippen LogP contribution in [0.15, 0.2) is 48.7 Å². The Morgan fingerprint density at radius 2 is 2.04 bits per heavy atom. The van der Waals surface area contributed by atoms with E-state index in [1.807, 2.05) is 49.4 Å². The number of aryl methyl sites for hydroxylation is 1. The van der Waals surface area contributed by atoms with Gasteiger partial charge in [0, 0.05) is 6.20 Å². The average Bonchev–Trinajstić information content (AvgIpc) is 3.01. The Bertz CT molecular complexity index is 886. The number of nitrogens with zero attached hydrogens (tertiary/aromatic N) is 2. The van der Waals surface area contributed by atoms with Crippen molar-refractivity contribution >= 4 is 11.6 Å². The fourth-order valence-electron chi connectivity index (χ4n) is 2.81. The van der Waals surface area contributed by atoms with Crippen LogP contribution in [0.25, 0.3) is 5.65 Å². The van der Waals surface area contributed by atoms with E-state index in [4.69, 9.17) is 4.74 Å². The summed E-state index contributed by atoms with van der Waals surface area (Å²) in [5.74, 6) is 0.365. The molecule has 26 heavy (non-hydrogen) atoms. The predicted molar refractivity (Wildman–Crippen MR) is 99.3 cm³/mol. The molecule has 136 valence electrons. The van der Waals surface area contributed by atoms with Gasteiger partial charge in [-0.25, -0.2) is 4.98 Å². The fraction of sp³-hybridized carbons (Fsp3) is 0.300. The van der Waals surface area contributed by atoms with Crippen LogP contribution in [0, 0.1) is 6.92 Å². The Hall–Kier alpha value is -2.86. The zero-order chi connectivity index (χ0) is 18.5. The Balaban J connectivity index is 1.88. The second-order valence-electron chi connectivity index (χ2n) is 6.15. The number of hydrogen-bond acceptors (Lipinski definition) is 4. The molecular weight excluding hydrogens is 330 g/mol. The molecule has 1 amide bonds. The van der Waals surface area contributed by atoms with Gasteiger partial charge in [-0.15, -0.1) is 0 Å². The van der Waals surface area contributed by atoms with Crippen LogP contribution in [0.5, 0.6) is 5.75 Å². The van der Waals surface area contributed by atoms with E-state index in [0.29, 0.717) is 35.8 Å². The van der Waals surface area contributed by atoms with Gasteiger partial charge in [-0.3, -0.25) is 9.20 Å². The number of pyridine rings is 1. The van der Waals surface area contributed by atoms with Crippen LogP contribution in [-0.2, 0) is 6.61 Å². The summed E-state index contributed by atoms with van der Waals surface area (Å²) in [4.78, 5) is 17.2. The summed E-state index contributed by atoms with van der Waals surface area (Å²) in [5.41, 5.74) is 2.73. The molecule has 0 saturated carbocycles. The number of carbonyl (C=O) groups excluding carboxylic acids is 1. The van der Waals surface area contributed by atoms with Crippen molar-refractivity contribution in [2.75, 3.05) is 6.61 Å². The maximum Gasteiger partial charge on any atom is 0.270 e. The highest BCUT2D eigenvalue weighted by Crippen LogP contribution is 2.23. The van der Waals surface area contributed by atoms with Crippen LogP contribution in [0.4, 0.5) is 0 Å². The monoisotopic (exact) mass is 353 g/mol. The lowest BCUT2D eigenvalue weighted by Gasteiger charge is -2.14. The van der Waals surface area contributed by atoms with E-state index in [0.717, 1.165) is 5.56 Å². The molecule has 6 heteroatoms. The lowest BCUT2D eigenvalue weighted by atomic mass is 10.2. The largest absolute Gasteiger partial charge is 0.485 e. The van der Waals surface area contributed by atoms with E-state index in [-0.39, 0.29) is 18.6 Å². The van der Waals surface area contributed by atoms with Crippen LogP contribution < -0.4 is 10.1 Å². The van der Waals surface area contributed by atoms with Crippen molar-refractivity contribution in [3.8, 4) is 5.75 Å². The normalized spacial score (nSPS) is 12.1. The topological polar surface area (TPSA) is 75.9 Å². The van der Waals surface area contributed by atoms with Crippen LogP contribution in [0.2, 0.25) is 0 Å². The molecule has 6 nitrogen and oxygen atoms in total. The van der Waals surface area contributed by atoms with E-state index in [9.17, 15) is 9.90 Å². The summed E-state index contributed by atoms with van der Waals surface area (Å²) in [6.07, 6.45) is 2.45. The number of fused-ring (bicyclic) bond motifs is 1. The first-order valence-corrected chi connectivity index (χ1v) is 8.70. The number of rotatable bonds is 7. The number of nitrogens with one attached hydrogen (secondary N) is 1. The van der Waals surface area contributed by atoms with Crippen LogP contribution in [-0.4, -0.2) is 33.0 Å². The standard InChI is InChI=1S/C20H23N3O3/c1-3-16(12-24)22-20(25)18-14(2)21-19-17(10-7-11-23(18)19)26-13-15-8-5-4-6-9-15/h4-11,16,24H,3,12-13H2,1-2H3,(H,22,25)/t16-/m1/s1. The van der Waals surface area contributed by atoms with Gasteiger partial charge in [-0.2, -0.15) is 0 Å². The molecule has 0 fully saturated rings. The van der Waals surface area contributed by atoms with Gasteiger partial charge in [0.15, 0.2) is 11.4 Å². The minimum Gasteiger partial charge on any atom is -0.485 e. The summed E-state index contributed by atoms with van der Waals surface area (Å²) in [7, 11) is 0. The molecule has 0 bridgehead atoms. The van der Waals surface area contributed by atoms with Gasteiger partial charge in [-0.1, -0.05) is 37.3 Å². The second kappa shape index (κ2) is 8.01. The highest BCUT2D eigenvalue weighted by molar-refractivity contribution is 5.95. The molecule has 0 aliphatic carbocycles. The third-order valence-electron chi connectivity index (χ3n) is 4.29. The van der Waals surface area contributed by atoms with Gasteiger partial charge in [0.25, 0.3) is 5.91 Å². The number of amides is 1. The van der Waals surface area contributed by atoms with Gasteiger partial charge < -0.3 is 15.2 Å². The molecule has 2 aromatic heterocycles. The van der Waals surface area contributed by atoms with Crippen molar-refractivity contribution < 1.29 is 14.6 Å². The number of ether oxygens (including phenoxy) is 1. The number of aromatic nitrogens is 2. The molecule has 3 rings (SSSR count). The van der Waals surface area contributed by atoms with Gasteiger partial charge in [-0.05, 0) is 31.0 Å². The molecule has 0 aliphatic rings. The van der Waals surface area contributed by atoms with Gasteiger partial charge in [0.1, 0.15) is 12.3 Å². The molecule has 0 spiro atoms. The molecule has 0 saturated heterocycles. The highest BCUT2D eigenvalue weighted by atomic mass is 16.5. The minimum atomic E-state index is -0.273. The van der Waals surface area contributed by atoms with E-state index < -0.39 is 0 Å². The second-order valence-corrected chi connectivity index (χ2v) is 6.15. The molecule has 2 heterocycles. The number of imidazole rings is 1. The maximum atomic E-state index is 12.6. The first kappa shape index (κ1) is 17.9. The zero-order valence-electron chi connectivity index (χ0n) is 15.0. The van der Waals surface area contributed by atoms with Crippen molar-refractivity contribution in [3.05, 3.63) is 65.6 Å². The molecule has 0 aliphatic heterocycles. The van der Waals surface area contributed by atoms with E-state index in [2.05, 4.69) is 10.3 Å². The average molecular weight is 353 g/mol. The zero-order valence-corrected chi connectivity index (χ0v) is 15.0. The Kier molecular flexibility index (Phi) is 5.53. The Morgan fingerprint density at radius 3 is 2.73 bits per heavy atom. The summed E-state index contributed by atoms with van der Waals surface area (Å²) in [6.45, 7) is 4.04. The molecule has 0 unspecified atom stereocenters. The van der Waals surface area contributed by atoms with Gasteiger partial charge >= 0.3 is 0 Å². The number of aliphatic hydroxyl groups excluding tert-OH is 1. The van der Waals surface area contributed by atoms with Crippen molar-refractivity contribution in [1.29, 1.82) is 0 Å². The number of benzene rings is 1. The van der Waals surface area contributed by atoms with Crippen LogP contribution in [0.3, 0.4) is 0 Å². The van der Waals surface area contributed by atoms with Crippen LogP contribution >= 0.6 is 0 Å². The van der Waals surface area contributed by atoms with E-state index >= 15 is 0 Å². The van der Waals surface area contributed by atoms with Gasteiger partial charge in [0.2, 0.25) is 0 Å². The van der Waals surface area contributed by atoms with Gasteiger partial charge in [0.05, 0.1) is 18.3 Å². The Labute approximate surface area is 152 Å². The number of carbonyl (C=O) groups is 1. The quantitative estimate of drug-likeness (QED) is 0.685. The molecule has 2 N–H and O–H groups in total. The van der Waals surface area contributed by atoms with Crippen molar-refractivity contribution in [2.45, 2.75) is 32.9 Å². The SMILES string of the molecule is CC[C@H](CO)NC(=O)c1c(C)nc2c(OCc3ccccc3)cccn12. The third-order valence-corrected chi connectivity index (χ3v) is 4.29. The molecule has 0 radical (unpaired) electrons. The smallest absolute Gasteiger partial charge is 0.270 e. The summed E-state index contributed by atoms with van der Waals surface area (Å²) < 4.78 is 7.65. The van der Waals surface area contributed by atoms with Crippen molar-refractivity contribution in [3.63, 3.8) is 0 Å². The maximum absolute atomic E-state index is 12.6. The summed E-state index contributed by atoms with van der Waals surface area (Å²) in [5, 5.41) is 12.2. The minimum absolute atomic E-state index is 0.0938. The molecule has 3 aromatic rings.